The fourth-order valence-electron chi connectivity index (χ4n) is 6.33. The molecule has 0 heterocycles. The fraction of sp³-hybridized carbons (Fsp3) is 0.173. The average molecular weight is 837 g/mol. The molecule has 3 heteroatoms. The zero-order valence-electron chi connectivity index (χ0n) is 32.8. The van der Waals surface area contributed by atoms with Crippen LogP contribution in [0.15, 0.2) is 170 Å². The molecule has 0 saturated carbocycles. The van der Waals surface area contributed by atoms with E-state index in [4.69, 9.17) is 0 Å². The summed E-state index contributed by atoms with van der Waals surface area (Å²) >= 11 is -0.679. The Labute approximate surface area is 352 Å². The van der Waals surface area contributed by atoms with Gasteiger partial charge < -0.3 is 24.8 Å². The molecule has 7 aromatic rings. The molecule has 8 rings (SSSR count). The van der Waals surface area contributed by atoms with Gasteiger partial charge in [-0.25, -0.2) is 12.2 Å². The van der Waals surface area contributed by atoms with Gasteiger partial charge >= 0.3 is 172 Å². The van der Waals surface area contributed by atoms with Crippen LogP contribution in [0.25, 0.3) is 43.8 Å². The smallest absolute Gasteiger partial charge is 1.00 e. The molecule has 0 fully saturated rings. The SMILES string of the molecule is CC(C)(C)c1ccc2c(c1)[cH-]c1cc(C(C)(C)C)ccc12.[C-]1=CC=CC1.[CH](=[Zr]=[CH]c1ccc(-c2ccccc2)cc1)c1ccc(-c2ccccc2)cc1.[Cl-].[Cl-]. The van der Waals surface area contributed by atoms with E-state index in [1.54, 1.807) is 0 Å². The zero-order valence-corrected chi connectivity index (χ0v) is 36.8. The number of allylic oxidation sites excluding steroid dienone is 4. The van der Waals surface area contributed by atoms with Crippen LogP contribution in [0.4, 0.5) is 0 Å². The maximum atomic E-state index is 2.99. The summed E-state index contributed by atoms with van der Waals surface area (Å²) < 4.78 is 4.87. The van der Waals surface area contributed by atoms with Gasteiger partial charge in [0, 0.05) is 0 Å². The van der Waals surface area contributed by atoms with Crippen molar-refractivity contribution in [2.45, 2.75) is 58.8 Å². The summed E-state index contributed by atoms with van der Waals surface area (Å²) in [6, 6.07) is 55.0. The molecule has 0 bridgehead atoms. The predicted molar refractivity (Wildman–Crippen MR) is 230 cm³/mol. The van der Waals surface area contributed by atoms with Gasteiger partial charge in [0.15, 0.2) is 0 Å². The molecule has 0 radical (unpaired) electrons. The van der Waals surface area contributed by atoms with E-state index in [0.29, 0.717) is 0 Å². The molecule has 0 atom stereocenters. The molecule has 0 nitrogen and oxygen atoms in total. The van der Waals surface area contributed by atoms with E-state index in [0.717, 1.165) is 6.42 Å². The Balaban J connectivity index is 0.000000214. The van der Waals surface area contributed by atoms with E-state index in [1.165, 1.54) is 66.1 Å². The Morgan fingerprint density at radius 3 is 1.24 bits per heavy atom. The number of halogens is 2. The van der Waals surface area contributed by atoms with Crippen LogP contribution in [0.1, 0.15) is 70.2 Å². The Hall–Kier alpha value is -4.13. The summed E-state index contributed by atoms with van der Waals surface area (Å²) in [5.41, 5.74) is 11.0. The van der Waals surface area contributed by atoms with Gasteiger partial charge in [-0.05, 0) is 10.8 Å². The van der Waals surface area contributed by atoms with Crippen molar-refractivity contribution in [1.29, 1.82) is 0 Å². The van der Waals surface area contributed by atoms with Crippen LogP contribution in [-0.2, 0) is 33.1 Å². The van der Waals surface area contributed by atoms with Crippen LogP contribution in [0.3, 0.4) is 0 Å². The summed E-state index contributed by atoms with van der Waals surface area (Å²) in [5.74, 6) is 0. The van der Waals surface area contributed by atoms with Crippen LogP contribution in [0.5, 0.6) is 0 Å². The third-order valence-electron chi connectivity index (χ3n) is 9.56. The van der Waals surface area contributed by atoms with Gasteiger partial charge in [0.25, 0.3) is 0 Å². The second-order valence-electron chi connectivity index (χ2n) is 15.7. The van der Waals surface area contributed by atoms with E-state index in [2.05, 4.69) is 213 Å². The number of rotatable bonds is 4. The summed E-state index contributed by atoms with van der Waals surface area (Å²) in [6.07, 6.45) is 10.0. The first kappa shape index (κ1) is 43.6. The van der Waals surface area contributed by atoms with Crippen molar-refractivity contribution in [3.63, 3.8) is 0 Å². The Morgan fingerprint density at radius 1 is 0.509 bits per heavy atom. The molecular weight excluding hydrogens is 787 g/mol. The van der Waals surface area contributed by atoms with Gasteiger partial charge in [-0.1, -0.05) is 76.9 Å². The van der Waals surface area contributed by atoms with E-state index in [1.807, 2.05) is 12.2 Å². The van der Waals surface area contributed by atoms with Gasteiger partial charge in [-0.15, -0.1) is 46.2 Å². The number of fused-ring (bicyclic) bond motifs is 3. The average Bonchev–Trinajstić information content (AvgIpc) is 3.88. The number of hydrogen-bond acceptors (Lipinski definition) is 0. The van der Waals surface area contributed by atoms with Crippen molar-refractivity contribution in [2.24, 2.45) is 0 Å². The minimum absolute atomic E-state index is 0. The molecule has 55 heavy (non-hydrogen) atoms. The first-order chi connectivity index (χ1) is 25.5. The summed E-state index contributed by atoms with van der Waals surface area (Å²) in [4.78, 5) is 0. The van der Waals surface area contributed by atoms with Crippen LogP contribution < -0.4 is 24.8 Å². The second kappa shape index (κ2) is 20.2. The van der Waals surface area contributed by atoms with Gasteiger partial charge in [0.05, 0.1) is 0 Å². The topological polar surface area (TPSA) is 0 Å². The number of benzene rings is 6. The molecule has 0 aliphatic heterocycles. The quantitative estimate of drug-likeness (QED) is 0.160. The Kier molecular flexibility index (Phi) is 16.0. The fourth-order valence-corrected chi connectivity index (χ4v) is 8.43. The number of hydrogen-bond donors (Lipinski definition) is 0. The van der Waals surface area contributed by atoms with Crippen molar-refractivity contribution in [3.05, 3.63) is 198 Å². The van der Waals surface area contributed by atoms with Crippen molar-refractivity contribution in [3.8, 4) is 22.3 Å². The van der Waals surface area contributed by atoms with Crippen molar-refractivity contribution < 1.29 is 47.1 Å². The third kappa shape index (κ3) is 12.2. The standard InChI is InChI=1S/C21H25.2C13H10.C5H5.2ClH.Zr/c1-20(2,3)16-7-9-18-14(12-16)11-15-13-17(21(4,5)6)8-10-19(15)18;2*1-11-7-9-13(10-8-11)12-5-3-2-4-6-12;1-2-4-5-3-1;;;/h7-13H,1-6H3;2*1-10H;1-3H,4H2;2*1H;/q-1;;;-1;;;/p-2. The molecule has 0 N–H and O–H groups in total. The second-order valence-corrected chi connectivity index (χ2v) is 17.9. The van der Waals surface area contributed by atoms with Gasteiger partial charge in [0.2, 0.25) is 0 Å². The van der Waals surface area contributed by atoms with E-state index < -0.39 is 22.3 Å². The van der Waals surface area contributed by atoms with E-state index in [9.17, 15) is 0 Å². The molecule has 1 aliphatic carbocycles. The van der Waals surface area contributed by atoms with Crippen molar-refractivity contribution in [2.75, 3.05) is 0 Å². The largest absolute Gasteiger partial charge is 1.00 e. The molecule has 7 aromatic carbocycles. The molecular formula is C52H50Cl2Zr-4. The monoisotopic (exact) mass is 834 g/mol. The van der Waals surface area contributed by atoms with Gasteiger partial charge in [-0.3, -0.25) is 6.08 Å². The van der Waals surface area contributed by atoms with Crippen molar-refractivity contribution >= 4 is 29.0 Å². The first-order valence-corrected chi connectivity index (χ1v) is 21.5. The minimum atomic E-state index is -0.679. The summed E-state index contributed by atoms with van der Waals surface area (Å²) in [7, 11) is 0. The molecule has 0 amide bonds. The third-order valence-corrected chi connectivity index (χ3v) is 12.0. The van der Waals surface area contributed by atoms with Gasteiger partial charge in [-0.2, -0.15) is 6.08 Å². The molecule has 0 unspecified atom stereocenters. The maximum Gasteiger partial charge on any atom is -1.00 e. The molecule has 0 saturated heterocycles. The Morgan fingerprint density at radius 2 is 0.909 bits per heavy atom. The maximum absolute atomic E-state index is 2.99. The van der Waals surface area contributed by atoms with Crippen LogP contribution in [-0.4, -0.2) is 7.42 Å². The van der Waals surface area contributed by atoms with Crippen LogP contribution in [0.2, 0.25) is 0 Å². The van der Waals surface area contributed by atoms with Gasteiger partial charge in [0.1, 0.15) is 0 Å². The van der Waals surface area contributed by atoms with Crippen LogP contribution >= 0.6 is 0 Å². The summed E-state index contributed by atoms with van der Waals surface area (Å²) in [5, 5.41) is 5.48. The normalized spacial score (nSPS) is 11.6. The minimum Gasteiger partial charge on any atom is -1.00 e. The van der Waals surface area contributed by atoms with E-state index >= 15 is 0 Å². The zero-order chi connectivity index (χ0) is 37.3. The Bertz CT molecular complexity index is 2210. The van der Waals surface area contributed by atoms with E-state index in [-0.39, 0.29) is 35.6 Å². The first-order valence-electron chi connectivity index (χ1n) is 18.6. The molecule has 280 valence electrons. The van der Waals surface area contributed by atoms with Crippen molar-refractivity contribution in [1.82, 2.24) is 0 Å². The molecule has 1 aliphatic rings. The van der Waals surface area contributed by atoms with Crippen LogP contribution in [0, 0.1) is 6.08 Å². The molecule has 0 spiro atoms. The summed E-state index contributed by atoms with van der Waals surface area (Å²) in [6.45, 7) is 13.6. The predicted octanol–water partition coefficient (Wildman–Crippen LogP) is 7.72. The molecule has 0 aromatic heterocycles.